The second kappa shape index (κ2) is 8.61. The Morgan fingerprint density at radius 1 is 1.21 bits per heavy atom. The van der Waals surface area contributed by atoms with Gasteiger partial charge < -0.3 is 20.3 Å². The van der Waals surface area contributed by atoms with Gasteiger partial charge in [0.05, 0.1) is 18.8 Å². The number of aliphatic hydroxyl groups excluding tert-OH is 1. The van der Waals surface area contributed by atoms with Crippen molar-refractivity contribution in [3.05, 3.63) is 65.2 Å². The predicted molar refractivity (Wildman–Crippen MR) is 91.0 cm³/mol. The van der Waals surface area contributed by atoms with E-state index in [9.17, 15) is 9.90 Å². The van der Waals surface area contributed by atoms with Gasteiger partial charge >= 0.3 is 6.09 Å². The Balaban J connectivity index is 2.11. The molecule has 0 saturated heterocycles. The monoisotopic (exact) mass is 325 g/mol. The first-order valence-corrected chi connectivity index (χ1v) is 7.50. The van der Waals surface area contributed by atoms with Crippen LogP contribution in [0.2, 0.25) is 0 Å². The molecule has 0 aliphatic rings. The van der Waals surface area contributed by atoms with E-state index in [0.29, 0.717) is 17.7 Å². The fourth-order valence-corrected chi connectivity index (χ4v) is 2.19. The van der Waals surface area contributed by atoms with Crippen LogP contribution in [-0.4, -0.2) is 30.0 Å². The van der Waals surface area contributed by atoms with Crippen molar-refractivity contribution in [2.24, 2.45) is 0 Å². The van der Waals surface area contributed by atoms with Crippen LogP contribution in [0.5, 0.6) is 5.75 Å². The summed E-state index contributed by atoms with van der Waals surface area (Å²) >= 11 is 0. The van der Waals surface area contributed by atoms with E-state index in [0.717, 1.165) is 11.1 Å². The molecule has 1 atom stereocenters. The third kappa shape index (κ3) is 5.04. The first-order chi connectivity index (χ1) is 11.6. The van der Waals surface area contributed by atoms with Crippen molar-refractivity contribution >= 4 is 6.09 Å². The average Bonchev–Trinajstić information content (AvgIpc) is 2.60. The van der Waals surface area contributed by atoms with Crippen LogP contribution in [0.3, 0.4) is 0 Å². The second-order valence-electron chi connectivity index (χ2n) is 5.11. The standard InChI is InChI=1S/C19H19NO4/c1-24-18-8-3-2-6-15(18)10-9-14-5-4-7-16(13-14)17(21)11-12-20-19(22)23/h2-8,13,17,20-21H,11-12H2,1H3,(H,22,23). The van der Waals surface area contributed by atoms with Crippen LogP contribution >= 0.6 is 0 Å². The first kappa shape index (κ1) is 17.4. The van der Waals surface area contributed by atoms with E-state index < -0.39 is 12.2 Å². The number of ether oxygens (including phenoxy) is 1. The van der Waals surface area contributed by atoms with Crippen molar-refractivity contribution in [3.63, 3.8) is 0 Å². The lowest BCUT2D eigenvalue weighted by Crippen LogP contribution is -2.23. The van der Waals surface area contributed by atoms with Crippen molar-refractivity contribution < 1.29 is 19.7 Å². The third-order valence-corrected chi connectivity index (χ3v) is 3.41. The van der Waals surface area contributed by atoms with Gasteiger partial charge in [-0.15, -0.1) is 0 Å². The molecule has 0 saturated carbocycles. The van der Waals surface area contributed by atoms with Gasteiger partial charge in [-0.3, -0.25) is 0 Å². The fraction of sp³-hybridized carbons (Fsp3) is 0.211. The first-order valence-electron chi connectivity index (χ1n) is 7.50. The molecule has 1 amide bonds. The van der Waals surface area contributed by atoms with Crippen LogP contribution < -0.4 is 10.1 Å². The van der Waals surface area contributed by atoms with E-state index in [1.807, 2.05) is 36.4 Å². The molecule has 0 aliphatic carbocycles. The summed E-state index contributed by atoms with van der Waals surface area (Å²) in [6.07, 6.45) is -1.54. The summed E-state index contributed by atoms with van der Waals surface area (Å²) < 4.78 is 5.26. The lowest BCUT2D eigenvalue weighted by Gasteiger charge is -2.11. The molecule has 0 spiro atoms. The molecule has 2 aromatic carbocycles. The van der Waals surface area contributed by atoms with Crippen LogP contribution in [0.4, 0.5) is 4.79 Å². The van der Waals surface area contributed by atoms with Gasteiger partial charge in [0.1, 0.15) is 5.75 Å². The van der Waals surface area contributed by atoms with Crippen molar-refractivity contribution in [1.82, 2.24) is 5.32 Å². The predicted octanol–water partition coefficient (Wildman–Crippen LogP) is 2.79. The molecule has 0 fully saturated rings. The van der Waals surface area contributed by atoms with Gasteiger partial charge in [-0.05, 0) is 36.2 Å². The smallest absolute Gasteiger partial charge is 0.404 e. The van der Waals surface area contributed by atoms with Crippen molar-refractivity contribution in [2.75, 3.05) is 13.7 Å². The maximum absolute atomic E-state index is 10.4. The number of hydrogen-bond acceptors (Lipinski definition) is 3. The van der Waals surface area contributed by atoms with Gasteiger partial charge in [-0.2, -0.15) is 0 Å². The van der Waals surface area contributed by atoms with E-state index in [4.69, 9.17) is 9.84 Å². The van der Waals surface area contributed by atoms with E-state index in [-0.39, 0.29) is 6.54 Å². The van der Waals surface area contributed by atoms with Gasteiger partial charge in [-0.25, -0.2) is 4.79 Å². The summed E-state index contributed by atoms with van der Waals surface area (Å²) in [5, 5.41) is 20.9. The lowest BCUT2D eigenvalue weighted by atomic mass is 10.0. The number of benzene rings is 2. The quantitative estimate of drug-likeness (QED) is 0.739. The lowest BCUT2D eigenvalue weighted by molar-refractivity contribution is 0.162. The van der Waals surface area contributed by atoms with Crippen LogP contribution in [0, 0.1) is 11.8 Å². The zero-order chi connectivity index (χ0) is 17.4. The minimum Gasteiger partial charge on any atom is -0.495 e. The van der Waals surface area contributed by atoms with Gasteiger partial charge in [0, 0.05) is 12.1 Å². The summed E-state index contributed by atoms with van der Waals surface area (Å²) in [6, 6.07) is 14.8. The Morgan fingerprint density at radius 3 is 2.75 bits per heavy atom. The molecular weight excluding hydrogens is 306 g/mol. The number of carbonyl (C=O) groups is 1. The van der Waals surface area contributed by atoms with Crippen LogP contribution in [0.1, 0.15) is 29.2 Å². The molecule has 124 valence electrons. The SMILES string of the molecule is COc1ccccc1C#Cc1cccc(C(O)CCNC(=O)O)c1. The highest BCUT2D eigenvalue weighted by atomic mass is 16.5. The molecule has 0 aliphatic heterocycles. The number of hydrogen-bond donors (Lipinski definition) is 3. The molecule has 5 heteroatoms. The van der Waals surface area contributed by atoms with Crippen LogP contribution in [0.25, 0.3) is 0 Å². The Morgan fingerprint density at radius 2 is 2.00 bits per heavy atom. The molecule has 5 nitrogen and oxygen atoms in total. The highest BCUT2D eigenvalue weighted by molar-refractivity contribution is 5.64. The van der Waals surface area contributed by atoms with E-state index in [1.54, 1.807) is 19.2 Å². The molecule has 0 aromatic heterocycles. The Bertz CT molecular complexity index is 761. The van der Waals surface area contributed by atoms with Crippen molar-refractivity contribution in [1.29, 1.82) is 0 Å². The molecule has 24 heavy (non-hydrogen) atoms. The fourth-order valence-electron chi connectivity index (χ4n) is 2.19. The van der Waals surface area contributed by atoms with Crippen molar-refractivity contribution in [2.45, 2.75) is 12.5 Å². The average molecular weight is 325 g/mol. The van der Waals surface area contributed by atoms with Crippen LogP contribution in [-0.2, 0) is 0 Å². The number of aliphatic hydroxyl groups is 1. The van der Waals surface area contributed by atoms with E-state index in [1.165, 1.54) is 0 Å². The number of carboxylic acid groups (broad SMARTS) is 1. The zero-order valence-electron chi connectivity index (χ0n) is 13.3. The number of rotatable bonds is 5. The largest absolute Gasteiger partial charge is 0.495 e. The zero-order valence-corrected chi connectivity index (χ0v) is 13.3. The van der Waals surface area contributed by atoms with E-state index >= 15 is 0 Å². The molecule has 2 aromatic rings. The molecular formula is C19H19NO4. The normalized spacial score (nSPS) is 11.1. The maximum Gasteiger partial charge on any atom is 0.404 e. The molecule has 2 rings (SSSR count). The summed E-state index contributed by atoms with van der Waals surface area (Å²) in [4.78, 5) is 10.4. The Hall–Kier alpha value is -2.97. The highest BCUT2D eigenvalue weighted by Gasteiger charge is 2.08. The highest BCUT2D eigenvalue weighted by Crippen LogP contribution is 2.18. The van der Waals surface area contributed by atoms with Gasteiger partial charge in [0.2, 0.25) is 0 Å². The topological polar surface area (TPSA) is 78.8 Å². The number of amides is 1. The molecule has 0 radical (unpaired) electrons. The number of methoxy groups -OCH3 is 1. The summed E-state index contributed by atoms with van der Waals surface area (Å²) in [5.74, 6) is 6.82. The van der Waals surface area contributed by atoms with Crippen molar-refractivity contribution in [3.8, 4) is 17.6 Å². The van der Waals surface area contributed by atoms with Gasteiger partial charge in [-0.1, -0.05) is 36.1 Å². The Kier molecular flexibility index (Phi) is 6.23. The molecule has 1 unspecified atom stereocenters. The maximum atomic E-state index is 10.4. The molecule has 0 bridgehead atoms. The minimum atomic E-state index is -1.10. The minimum absolute atomic E-state index is 0.188. The summed E-state index contributed by atoms with van der Waals surface area (Å²) in [6.45, 7) is 0.188. The van der Waals surface area contributed by atoms with Crippen LogP contribution in [0.15, 0.2) is 48.5 Å². The number of para-hydroxylation sites is 1. The third-order valence-electron chi connectivity index (χ3n) is 3.41. The summed E-state index contributed by atoms with van der Waals surface area (Å²) in [5.41, 5.74) is 2.26. The summed E-state index contributed by atoms with van der Waals surface area (Å²) in [7, 11) is 1.60. The number of nitrogens with one attached hydrogen (secondary N) is 1. The molecule has 0 heterocycles. The van der Waals surface area contributed by atoms with Gasteiger partial charge in [0.25, 0.3) is 0 Å². The Labute approximate surface area is 140 Å². The second-order valence-corrected chi connectivity index (χ2v) is 5.11. The van der Waals surface area contributed by atoms with E-state index in [2.05, 4.69) is 17.2 Å². The van der Waals surface area contributed by atoms with Gasteiger partial charge in [0.15, 0.2) is 0 Å². The molecule has 3 N–H and O–H groups in total.